The Balaban J connectivity index is 1.24. The Bertz CT molecular complexity index is 1570. The second-order valence-electron chi connectivity index (χ2n) is 8.92. The van der Waals surface area contributed by atoms with E-state index in [4.69, 9.17) is 11.6 Å². The van der Waals surface area contributed by atoms with Gasteiger partial charge in [-0.25, -0.2) is 9.78 Å². The number of anilines is 1. The highest BCUT2D eigenvalue weighted by molar-refractivity contribution is 6.30. The van der Waals surface area contributed by atoms with Gasteiger partial charge in [-0.2, -0.15) is 0 Å². The maximum absolute atomic E-state index is 12.9. The summed E-state index contributed by atoms with van der Waals surface area (Å²) < 4.78 is 1.75. The number of carbonyl (C=O) groups is 2. The first-order chi connectivity index (χ1) is 18.4. The summed E-state index contributed by atoms with van der Waals surface area (Å²) in [6, 6.07) is 27.6. The van der Waals surface area contributed by atoms with E-state index < -0.39 is 17.9 Å². The number of aliphatic carboxylic acids is 1. The molecule has 0 aliphatic heterocycles. The van der Waals surface area contributed by atoms with E-state index in [-0.39, 0.29) is 12.1 Å². The van der Waals surface area contributed by atoms with Crippen molar-refractivity contribution in [1.82, 2.24) is 14.7 Å². The van der Waals surface area contributed by atoms with Crippen LogP contribution in [0.1, 0.15) is 21.6 Å². The van der Waals surface area contributed by atoms with Crippen molar-refractivity contribution >= 4 is 34.8 Å². The molecule has 0 aliphatic rings. The molecular formula is C30H25ClN4O3. The van der Waals surface area contributed by atoms with Gasteiger partial charge < -0.3 is 20.1 Å². The molecule has 0 saturated heterocycles. The molecule has 3 N–H and O–H groups in total. The van der Waals surface area contributed by atoms with Gasteiger partial charge >= 0.3 is 5.97 Å². The SMILES string of the molecule is O=C(NC(Cc1ccc(NCc2ccccc2)cc1)C(=O)O)c1cn2cc(-c3ccc(Cl)cc3)ccc2n1. The summed E-state index contributed by atoms with van der Waals surface area (Å²) in [6.07, 6.45) is 3.61. The van der Waals surface area contributed by atoms with Gasteiger partial charge in [0, 0.05) is 36.1 Å². The van der Waals surface area contributed by atoms with E-state index in [0.29, 0.717) is 17.2 Å². The van der Waals surface area contributed by atoms with Crippen LogP contribution >= 0.6 is 11.6 Å². The summed E-state index contributed by atoms with van der Waals surface area (Å²) in [5.74, 6) is -1.66. The predicted molar refractivity (Wildman–Crippen MR) is 148 cm³/mol. The molecule has 1 amide bonds. The largest absolute Gasteiger partial charge is 0.480 e. The number of carboxylic acids is 1. The molecule has 2 aromatic heterocycles. The summed E-state index contributed by atoms with van der Waals surface area (Å²) >= 11 is 5.98. The van der Waals surface area contributed by atoms with Gasteiger partial charge in [-0.1, -0.05) is 66.2 Å². The van der Waals surface area contributed by atoms with Crippen LogP contribution in [0.4, 0.5) is 5.69 Å². The molecule has 2 heterocycles. The van der Waals surface area contributed by atoms with E-state index >= 15 is 0 Å². The number of aromatic nitrogens is 2. The van der Waals surface area contributed by atoms with E-state index in [2.05, 4.69) is 15.6 Å². The van der Waals surface area contributed by atoms with Gasteiger partial charge in [0.2, 0.25) is 0 Å². The summed E-state index contributed by atoms with van der Waals surface area (Å²) in [5.41, 5.74) is 5.52. The van der Waals surface area contributed by atoms with Crippen LogP contribution in [0.15, 0.2) is 103 Å². The van der Waals surface area contributed by atoms with E-state index in [1.807, 2.05) is 97.2 Å². The zero-order chi connectivity index (χ0) is 26.5. The molecule has 190 valence electrons. The van der Waals surface area contributed by atoms with E-state index in [1.54, 1.807) is 10.6 Å². The van der Waals surface area contributed by atoms with Crippen LogP contribution in [0.25, 0.3) is 16.8 Å². The number of carboxylic acid groups (broad SMARTS) is 1. The number of pyridine rings is 1. The van der Waals surface area contributed by atoms with Crippen molar-refractivity contribution in [2.75, 3.05) is 5.32 Å². The Labute approximate surface area is 224 Å². The van der Waals surface area contributed by atoms with Crippen molar-refractivity contribution in [1.29, 1.82) is 0 Å². The molecule has 38 heavy (non-hydrogen) atoms. The molecule has 0 aliphatic carbocycles. The van der Waals surface area contributed by atoms with Crippen LogP contribution < -0.4 is 10.6 Å². The number of fused-ring (bicyclic) bond motifs is 1. The minimum Gasteiger partial charge on any atom is -0.480 e. The highest BCUT2D eigenvalue weighted by Gasteiger charge is 2.22. The van der Waals surface area contributed by atoms with Crippen molar-refractivity contribution in [3.8, 4) is 11.1 Å². The zero-order valence-electron chi connectivity index (χ0n) is 20.3. The fourth-order valence-corrected chi connectivity index (χ4v) is 4.27. The Hall–Kier alpha value is -4.62. The lowest BCUT2D eigenvalue weighted by Crippen LogP contribution is -2.42. The Kier molecular flexibility index (Phi) is 7.38. The number of hydrogen-bond donors (Lipinski definition) is 3. The molecule has 8 heteroatoms. The Morgan fingerprint density at radius 2 is 1.55 bits per heavy atom. The molecule has 0 spiro atoms. The van der Waals surface area contributed by atoms with Gasteiger partial charge in [-0.05, 0) is 58.7 Å². The third-order valence-corrected chi connectivity index (χ3v) is 6.45. The standard InChI is InChI=1S/C30H25ClN4O3/c31-24-11-8-22(9-12-24)23-10-15-28-33-27(19-35(28)18-23)29(36)34-26(30(37)38)16-20-6-13-25(14-7-20)32-17-21-4-2-1-3-5-21/h1-15,18-19,26,32H,16-17H2,(H,34,36)(H,37,38). The number of amides is 1. The highest BCUT2D eigenvalue weighted by Crippen LogP contribution is 2.22. The van der Waals surface area contributed by atoms with Gasteiger partial charge in [-0.15, -0.1) is 0 Å². The van der Waals surface area contributed by atoms with Gasteiger partial charge in [-0.3, -0.25) is 4.79 Å². The number of nitrogens with zero attached hydrogens (tertiary/aromatic N) is 2. The van der Waals surface area contributed by atoms with Crippen molar-refractivity contribution in [3.05, 3.63) is 125 Å². The molecule has 1 unspecified atom stereocenters. The fourth-order valence-electron chi connectivity index (χ4n) is 4.14. The van der Waals surface area contributed by atoms with Crippen LogP contribution in [-0.2, 0) is 17.8 Å². The van der Waals surface area contributed by atoms with Crippen LogP contribution in [-0.4, -0.2) is 32.4 Å². The lowest BCUT2D eigenvalue weighted by atomic mass is 10.1. The molecule has 3 aromatic carbocycles. The molecule has 7 nitrogen and oxygen atoms in total. The maximum atomic E-state index is 12.9. The number of hydrogen-bond acceptors (Lipinski definition) is 4. The summed E-state index contributed by atoms with van der Waals surface area (Å²) in [4.78, 5) is 29.2. The second-order valence-corrected chi connectivity index (χ2v) is 9.36. The minimum atomic E-state index is -1.11. The smallest absolute Gasteiger partial charge is 0.326 e. The summed E-state index contributed by atoms with van der Waals surface area (Å²) in [7, 11) is 0. The molecular weight excluding hydrogens is 500 g/mol. The predicted octanol–water partition coefficient (Wildman–Crippen LogP) is 5.69. The molecule has 1 atom stereocenters. The van der Waals surface area contributed by atoms with Gasteiger partial charge in [0.15, 0.2) is 0 Å². The first kappa shape index (κ1) is 25.0. The quantitative estimate of drug-likeness (QED) is 0.230. The molecule has 0 radical (unpaired) electrons. The maximum Gasteiger partial charge on any atom is 0.326 e. The average Bonchev–Trinajstić information content (AvgIpc) is 3.37. The zero-order valence-corrected chi connectivity index (χ0v) is 21.1. The summed E-state index contributed by atoms with van der Waals surface area (Å²) in [6.45, 7) is 0.689. The molecule has 0 bridgehead atoms. The van der Waals surface area contributed by atoms with Crippen LogP contribution in [0.2, 0.25) is 5.02 Å². The first-order valence-electron chi connectivity index (χ1n) is 12.1. The van der Waals surface area contributed by atoms with Crippen molar-refractivity contribution < 1.29 is 14.7 Å². The van der Waals surface area contributed by atoms with Crippen molar-refractivity contribution in [2.45, 2.75) is 19.0 Å². The summed E-state index contributed by atoms with van der Waals surface area (Å²) in [5, 5.41) is 16.4. The number of imidazole rings is 1. The van der Waals surface area contributed by atoms with Gasteiger partial charge in [0.05, 0.1) is 0 Å². The van der Waals surface area contributed by atoms with E-state index in [9.17, 15) is 14.7 Å². The third-order valence-electron chi connectivity index (χ3n) is 6.20. The van der Waals surface area contributed by atoms with Gasteiger partial charge in [0.25, 0.3) is 5.91 Å². The average molecular weight is 525 g/mol. The molecule has 5 aromatic rings. The molecule has 5 rings (SSSR count). The Morgan fingerprint density at radius 1 is 0.842 bits per heavy atom. The minimum absolute atomic E-state index is 0.143. The van der Waals surface area contributed by atoms with Gasteiger partial charge in [0.1, 0.15) is 17.4 Å². The van der Waals surface area contributed by atoms with E-state index in [1.165, 1.54) is 5.56 Å². The monoisotopic (exact) mass is 524 g/mol. The van der Waals surface area contributed by atoms with Crippen molar-refractivity contribution in [3.63, 3.8) is 0 Å². The van der Waals surface area contributed by atoms with Crippen LogP contribution in [0, 0.1) is 0 Å². The number of benzene rings is 3. The normalized spacial score (nSPS) is 11.7. The second kappa shape index (κ2) is 11.2. The van der Waals surface area contributed by atoms with E-state index in [0.717, 1.165) is 22.4 Å². The molecule has 0 fully saturated rings. The molecule has 0 saturated carbocycles. The van der Waals surface area contributed by atoms with Crippen molar-refractivity contribution in [2.24, 2.45) is 0 Å². The topological polar surface area (TPSA) is 95.7 Å². The fraction of sp³-hybridized carbons (Fsp3) is 0.100. The lowest BCUT2D eigenvalue weighted by Gasteiger charge is -2.14. The Morgan fingerprint density at radius 3 is 2.26 bits per heavy atom. The lowest BCUT2D eigenvalue weighted by molar-refractivity contribution is -0.139. The number of halogens is 1. The highest BCUT2D eigenvalue weighted by atomic mass is 35.5. The number of rotatable bonds is 9. The first-order valence-corrected chi connectivity index (χ1v) is 12.5. The number of carbonyl (C=O) groups excluding carboxylic acids is 1. The van der Waals surface area contributed by atoms with Crippen LogP contribution in [0.5, 0.6) is 0 Å². The third kappa shape index (κ3) is 6.02. The number of nitrogens with one attached hydrogen (secondary N) is 2. The van der Waals surface area contributed by atoms with Crippen LogP contribution in [0.3, 0.4) is 0 Å².